The van der Waals surface area contributed by atoms with Gasteiger partial charge in [-0.3, -0.25) is 4.79 Å². The van der Waals surface area contributed by atoms with Gasteiger partial charge in [0.1, 0.15) is 0 Å². The third-order valence-electron chi connectivity index (χ3n) is 3.94. The first-order valence-electron chi connectivity index (χ1n) is 8.18. The van der Waals surface area contributed by atoms with Crippen LogP contribution in [0.5, 0.6) is 0 Å². The Morgan fingerprint density at radius 3 is 2.46 bits per heavy atom. The van der Waals surface area contributed by atoms with Crippen LogP contribution in [0, 0.1) is 0 Å². The number of H-pyrrole nitrogens is 2. The molecule has 0 radical (unpaired) electrons. The Hall–Kier alpha value is -3.40. The minimum absolute atomic E-state index is 0.143. The molecule has 0 fully saturated rings. The van der Waals surface area contributed by atoms with E-state index in [1.54, 1.807) is 18.2 Å². The molecular formula is C18H17N3O6S. The predicted molar refractivity (Wildman–Crippen MR) is 102 cm³/mol. The van der Waals surface area contributed by atoms with Gasteiger partial charge < -0.3 is 20.0 Å². The van der Waals surface area contributed by atoms with Crippen LogP contribution in [-0.4, -0.2) is 42.6 Å². The molecule has 1 amide bonds. The smallest absolute Gasteiger partial charge is 0.340 e. The molecule has 3 N–H and O–H groups in total. The largest absolute Gasteiger partial charge is 0.449 e. The number of sulfone groups is 1. The number of aromatic nitrogens is 2. The number of anilines is 1. The van der Waals surface area contributed by atoms with E-state index in [1.165, 1.54) is 31.2 Å². The van der Waals surface area contributed by atoms with Crippen molar-refractivity contribution in [2.24, 2.45) is 0 Å². The second-order valence-electron chi connectivity index (χ2n) is 6.14. The fourth-order valence-electron chi connectivity index (χ4n) is 2.59. The van der Waals surface area contributed by atoms with E-state index in [0.717, 1.165) is 6.26 Å². The summed E-state index contributed by atoms with van der Waals surface area (Å²) in [5, 5.41) is 2.57. The normalized spacial score (nSPS) is 12.5. The van der Waals surface area contributed by atoms with Crippen molar-refractivity contribution >= 4 is 38.4 Å². The molecule has 0 saturated carbocycles. The zero-order valence-electron chi connectivity index (χ0n) is 15.0. The fraction of sp³-hybridized carbons (Fsp3) is 0.167. The summed E-state index contributed by atoms with van der Waals surface area (Å²) >= 11 is 0. The number of ether oxygens (including phenoxy) is 1. The summed E-state index contributed by atoms with van der Waals surface area (Å²) in [6.07, 6.45) is -0.197. The van der Waals surface area contributed by atoms with Crippen LogP contribution in [-0.2, 0) is 19.4 Å². The maximum absolute atomic E-state index is 12.3. The molecule has 9 nitrogen and oxygen atoms in total. The highest BCUT2D eigenvalue weighted by atomic mass is 32.2. The molecular weight excluding hydrogens is 386 g/mol. The first kappa shape index (κ1) is 19.4. The van der Waals surface area contributed by atoms with E-state index < -0.39 is 27.8 Å². The third kappa shape index (κ3) is 4.12. The minimum atomic E-state index is -3.64. The van der Waals surface area contributed by atoms with Gasteiger partial charge in [-0.05, 0) is 37.3 Å². The zero-order valence-corrected chi connectivity index (χ0v) is 15.8. The summed E-state index contributed by atoms with van der Waals surface area (Å²) in [6.45, 7) is 1.37. The van der Waals surface area contributed by atoms with Crippen molar-refractivity contribution in [1.82, 2.24) is 9.97 Å². The first-order valence-corrected chi connectivity index (χ1v) is 10.1. The first-order chi connectivity index (χ1) is 13.1. The molecule has 146 valence electrons. The number of benzene rings is 2. The molecule has 0 saturated heterocycles. The number of carbonyl (C=O) groups is 2. The van der Waals surface area contributed by atoms with Crippen LogP contribution in [0.3, 0.4) is 0 Å². The molecule has 0 aliphatic carbocycles. The Morgan fingerprint density at radius 1 is 1.07 bits per heavy atom. The lowest BCUT2D eigenvalue weighted by molar-refractivity contribution is -0.123. The molecule has 10 heteroatoms. The lowest BCUT2D eigenvalue weighted by Gasteiger charge is -2.14. The van der Waals surface area contributed by atoms with Gasteiger partial charge in [0.25, 0.3) is 5.91 Å². The SMILES string of the molecule is C[C@@H](OC(=O)c1ccccc1S(C)(=O)=O)C(=O)Nc1ccc2[nH]c(=O)[nH]c2c1. The highest BCUT2D eigenvalue weighted by Crippen LogP contribution is 2.18. The number of amides is 1. The second kappa shape index (κ2) is 7.31. The predicted octanol–water partition coefficient (Wildman–Crippen LogP) is 1.44. The number of imidazole rings is 1. The van der Waals surface area contributed by atoms with Crippen LogP contribution in [0.2, 0.25) is 0 Å². The molecule has 28 heavy (non-hydrogen) atoms. The van der Waals surface area contributed by atoms with Crippen molar-refractivity contribution in [3.05, 3.63) is 58.5 Å². The average Bonchev–Trinajstić information content (AvgIpc) is 3.00. The summed E-state index contributed by atoms with van der Waals surface area (Å²) < 4.78 is 28.7. The number of nitrogens with one attached hydrogen (secondary N) is 3. The van der Waals surface area contributed by atoms with Crippen molar-refractivity contribution in [3.63, 3.8) is 0 Å². The van der Waals surface area contributed by atoms with Crippen LogP contribution in [0.25, 0.3) is 11.0 Å². The lowest BCUT2D eigenvalue weighted by Crippen LogP contribution is -2.30. The van der Waals surface area contributed by atoms with E-state index in [4.69, 9.17) is 4.74 Å². The lowest BCUT2D eigenvalue weighted by atomic mass is 10.2. The van der Waals surface area contributed by atoms with Crippen LogP contribution in [0.4, 0.5) is 5.69 Å². The van der Waals surface area contributed by atoms with Gasteiger partial charge in [0.05, 0.1) is 21.5 Å². The molecule has 0 aliphatic rings. The maximum Gasteiger partial charge on any atom is 0.340 e. The Balaban J connectivity index is 1.73. The standard InChI is InChI=1S/C18H17N3O6S/c1-10(27-17(23)12-5-3-4-6-15(12)28(2,25)26)16(22)19-11-7-8-13-14(9-11)21-18(24)20-13/h3-10H,1-2H3,(H,19,22)(H2,20,21,24)/t10-/m1/s1. The summed E-state index contributed by atoms with van der Waals surface area (Å²) in [6, 6.07) is 10.4. The number of rotatable bonds is 5. The molecule has 1 heterocycles. The second-order valence-corrected chi connectivity index (χ2v) is 8.13. The van der Waals surface area contributed by atoms with Gasteiger partial charge in [-0.25, -0.2) is 18.0 Å². The molecule has 0 unspecified atom stereocenters. The molecule has 3 aromatic rings. The Bertz CT molecular complexity index is 1230. The maximum atomic E-state index is 12.3. The van der Waals surface area contributed by atoms with Gasteiger partial charge >= 0.3 is 11.7 Å². The summed E-state index contributed by atoms with van der Waals surface area (Å²) in [4.78, 5) is 40.9. The van der Waals surface area contributed by atoms with E-state index in [0.29, 0.717) is 16.7 Å². The highest BCUT2D eigenvalue weighted by molar-refractivity contribution is 7.90. The highest BCUT2D eigenvalue weighted by Gasteiger charge is 2.24. The van der Waals surface area contributed by atoms with Gasteiger partial charge in [-0.15, -0.1) is 0 Å². The number of aromatic amines is 2. The van der Waals surface area contributed by atoms with Crippen LogP contribution >= 0.6 is 0 Å². The minimum Gasteiger partial charge on any atom is -0.449 e. The number of hydrogen-bond acceptors (Lipinski definition) is 6. The Kier molecular flexibility index (Phi) is 5.06. The molecule has 1 aromatic heterocycles. The van der Waals surface area contributed by atoms with E-state index in [-0.39, 0.29) is 16.1 Å². The third-order valence-corrected chi connectivity index (χ3v) is 5.10. The monoisotopic (exact) mass is 403 g/mol. The van der Waals surface area contributed by atoms with Crippen molar-refractivity contribution in [3.8, 4) is 0 Å². The van der Waals surface area contributed by atoms with E-state index in [2.05, 4.69) is 15.3 Å². The van der Waals surface area contributed by atoms with Crippen molar-refractivity contribution < 1.29 is 22.7 Å². The van der Waals surface area contributed by atoms with Crippen molar-refractivity contribution in [2.75, 3.05) is 11.6 Å². The van der Waals surface area contributed by atoms with Gasteiger partial charge in [0, 0.05) is 11.9 Å². The average molecular weight is 403 g/mol. The van der Waals surface area contributed by atoms with Gasteiger partial charge in [0.15, 0.2) is 15.9 Å². The quantitative estimate of drug-likeness (QED) is 0.551. The summed E-state index contributed by atoms with van der Waals surface area (Å²) in [5.74, 6) is -1.53. The van der Waals surface area contributed by atoms with Gasteiger partial charge in [-0.2, -0.15) is 0 Å². The van der Waals surface area contributed by atoms with Crippen LogP contribution in [0.15, 0.2) is 52.2 Å². The molecule has 0 bridgehead atoms. The zero-order chi connectivity index (χ0) is 20.5. The Labute approximate surface area is 159 Å². The van der Waals surface area contributed by atoms with Crippen LogP contribution in [0.1, 0.15) is 17.3 Å². The number of fused-ring (bicyclic) bond motifs is 1. The van der Waals surface area contributed by atoms with Crippen molar-refractivity contribution in [2.45, 2.75) is 17.9 Å². The van der Waals surface area contributed by atoms with E-state index in [1.807, 2.05) is 0 Å². The molecule has 3 rings (SSSR count). The van der Waals surface area contributed by atoms with Gasteiger partial charge in [0.2, 0.25) is 0 Å². The van der Waals surface area contributed by atoms with Crippen LogP contribution < -0.4 is 11.0 Å². The Morgan fingerprint density at radius 2 is 1.75 bits per heavy atom. The van der Waals surface area contributed by atoms with Gasteiger partial charge in [-0.1, -0.05) is 12.1 Å². The fourth-order valence-corrected chi connectivity index (χ4v) is 3.47. The summed E-state index contributed by atoms with van der Waals surface area (Å²) in [5.41, 5.74) is 0.975. The summed E-state index contributed by atoms with van der Waals surface area (Å²) in [7, 11) is -3.64. The molecule has 2 aromatic carbocycles. The number of esters is 1. The molecule has 1 atom stereocenters. The number of carbonyl (C=O) groups excluding carboxylic acids is 2. The molecule has 0 aliphatic heterocycles. The number of hydrogen-bond donors (Lipinski definition) is 3. The van der Waals surface area contributed by atoms with Crippen molar-refractivity contribution in [1.29, 1.82) is 0 Å². The topological polar surface area (TPSA) is 138 Å². The van der Waals surface area contributed by atoms with E-state index >= 15 is 0 Å². The molecule has 0 spiro atoms. The van der Waals surface area contributed by atoms with E-state index in [9.17, 15) is 22.8 Å².